The van der Waals surface area contributed by atoms with E-state index in [1.54, 1.807) is 30.5 Å². The molecule has 0 amide bonds. The van der Waals surface area contributed by atoms with Gasteiger partial charge in [0.2, 0.25) is 12.1 Å². The van der Waals surface area contributed by atoms with Gasteiger partial charge < -0.3 is 33.6 Å². The number of aliphatic hydroxyl groups is 1. The van der Waals surface area contributed by atoms with E-state index in [9.17, 15) is 34.9 Å². The molecule has 0 aliphatic heterocycles. The second-order valence-corrected chi connectivity index (χ2v) is 13.4. The average molecular weight is 803 g/mol. The predicted octanol–water partition coefficient (Wildman–Crippen LogP) is 6.02. The van der Waals surface area contributed by atoms with Crippen LogP contribution < -0.4 is 4.74 Å². The van der Waals surface area contributed by atoms with Gasteiger partial charge in [0.1, 0.15) is 29.5 Å². The first kappa shape index (κ1) is 42.2. The lowest BCUT2D eigenvalue weighted by atomic mass is 9.98. The van der Waals surface area contributed by atoms with E-state index in [-0.39, 0.29) is 49.3 Å². The van der Waals surface area contributed by atoms with E-state index < -0.39 is 34.1 Å². The Kier molecular flexibility index (Phi) is 14.0. The van der Waals surface area contributed by atoms with Crippen molar-refractivity contribution in [3.63, 3.8) is 0 Å². The van der Waals surface area contributed by atoms with E-state index in [4.69, 9.17) is 14.2 Å². The Morgan fingerprint density at radius 3 is 2.31 bits per heavy atom. The van der Waals surface area contributed by atoms with E-state index in [1.807, 2.05) is 55.5 Å². The maximum Gasteiger partial charge on any atom is 0.515 e. The standard InChI is InChI=1S/C38H42N8O12/c1-5-11-32-39-34(38(3,4)49)33(36(47)54-20-8-9-21-55-45(50)51)43(32)23-26-16-18-28(19-17-26)30-14-6-7-15-31(30)35-40-42-44(41-35)25(2)57-37(48)58-29-13-10-12-27(22-29)24-56-46(52)53/h6-7,10,12-19,22,25,49H,5,8-9,11,20-21,23-24H2,1-4H3. The van der Waals surface area contributed by atoms with Crippen molar-refractivity contribution in [2.75, 3.05) is 13.2 Å². The van der Waals surface area contributed by atoms with Crippen molar-refractivity contribution in [2.24, 2.45) is 0 Å². The molecule has 20 nitrogen and oxygen atoms in total. The summed E-state index contributed by atoms with van der Waals surface area (Å²) in [5.74, 6) is 0.291. The zero-order chi connectivity index (χ0) is 41.8. The molecule has 58 heavy (non-hydrogen) atoms. The molecular formula is C38H42N8O12. The topological polar surface area (TPSA) is 248 Å². The lowest BCUT2D eigenvalue weighted by Crippen LogP contribution is -2.23. The zero-order valence-corrected chi connectivity index (χ0v) is 32.2. The lowest BCUT2D eigenvalue weighted by molar-refractivity contribution is -0.763. The number of hydrogen-bond acceptors (Lipinski definition) is 16. The number of esters is 1. The van der Waals surface area contributed by atoms with E-state index in [1.165, 1.54) is 19.1 Å². The molecule has 1 unspecified atom stereocenters. The molecule has 0 saturated heterocycles. The van der Waals surface area contributed by atoms with Gasteiger partial charge in [0, 0.05) is 18.5 Å². The molecule has 1 atom stereocenters. The van der Waals surface area contributed by atoms with Crippen LogP contribution in [0.15, 0.2) is 72.8 Å². The van der Waals surface area contributed by atoms with Gasteiger partial charge in [0.25, 0.3) is 10.2 Å². The Hall–Kier alpha value is -6.96. The number of aromatic nitrogens is 6. The highest BCUT2D eigenvalue weighted by Gasteiger charge is 2.32. The third-order valence-electron chi connectivity index (χ3n) is 8.49. The molecule has 0 aliphatic rings. The number of nitrogens with zero attached hydrogens (tertiary/aromatic N) is 8. The Morgan fingerprint density at radius 1 is 0.914 bits per heavy atom. The number of carbonyl (C=O) groups is 2. The Bertz CT molecular complexity index is 2210. The highest BCUT2D eigenvalue weighted by atomic mass is 17.0. The summed E-state index contributed by atoms with van der Waals surface area (Å²) in [5, 5.41) is 42.8. The minimum Gasteiger partial charge on any atom is -0.461 e. The van der Waals surface area contributed by atoms with Crippen LogP contribution in [0.3, 0.4) is 0 Å². The van der Waals surface area contributed by atoms with Crippen LogP contribution in [0.25, 0.3) is 22.5 Å². The zero-order valence-electron chi connectivity index (χ0n) is 32.2. The fourth-order valence-corrected chi connectivity index (χ4v) is 5.82. The van der Waals surface area contributed by atoms with Crippen molar-refractivity contribution >= 4 is 12.1 Å². The highest BCUT2D eigenvalue weighted by Crippen LogP contribution is 2.31. The van der Waals surface area contributed by atoms with Gasteiger partial charge in [-0.2, -0.15) is 0 Å². The van der Waals surface area contributed by atoms with Crippen LogP contribution in [0.4, 0.5) is 4.79 Å². The van der Waals surface area contributed by atoms with Crippen LogP contribution in [0.2, 0.25) is 0 Å². The highest BCUT2D eigenvalue weighted by molar-refractivity contribution is 5.89. The van der Waals surface area contributed by atoms with Gasteiger partial charge in [-0.25, -0.2) is 14.6 Å². The Balaban J connectivity index is 1.30. The molecule has 2 heterocycles. The molecule has 0 spiro atoms. The van der Waals surface area contributed by atoms with E-state index in [0.29, 0.717) is 36.2 Å². The number of carbonyl (C=O) groups excluding carboxylic acids is 2. The number of imidazole rings is 1. The minimum absolute atomic E-state index is 0.00304. The van der Waals surface area contributed by atoms with Gasteiger partial charge in [0.15, 0.2) is 5.69 Å². The molecule has 5 aromatic rings. The largest absolute Gasteiger partial charge is 0.515 e. The molecule has 0 radical (unpaired) electrons. The van der Waals surface area contributed by atoms with E-state index >= 15 is 0 Å². The van der Waals surface area contributed by atoms with Crippen molar-refractivity contribution < 1.29 is 48.8 Å². The van der Waals surface area contributed by atoms with Crippen molar-refractivity contribution in [1.82, 2.24) is 29.8 Å². The maximum absolute atomic E-state index is 13.5. The summed E-state index contributed by atoms with van der Waals surface area (Å²) < 4.78 is 17.9. The number of hydrogen-bond donors (Lipinski definition) is 1. The van der Waals surface area contributed by atoms with Gasteiger partial charge in [-0.3, -0.25) is 0 Å². The fraction of sp³-hybridized carbons (Fsp3) is 0.368. The summed E-state index contributed by atoms with van der Waals surface area (Å²) in [5.41, 5.74) is 2.37. The van der Waals surface area contributed by atoms with Gasteiger partial charge in [0.05, 0.1) is 13.2 Å². The molecule has 0 saturated carbocycles. The SMILES string of the molecule is CCCc1nc(C(C)(C)O)c(C(=O)OCCCCO[N+](=O)[O-])n1Cc1ccc(-c2ccccc2-c2nnn(C(C)OC(=O)Oc3cccc(CO[N+](=O)[O-])c3)n2)cc1. The normalized spacial score (nSPS) is 11.7. The van der Waals surface area contributed by atoms with Crippen molar-refractivity contribution in [3.05, 3.63) is 121 Å². The smallest absolute Gasteiger partial charge is 0.461 e. The van der Waals surface area contributed by atoms with Crippen LogP contribution in [-0.4, -0.2) is 70.4 Å². The third-order valence-corrected chi connectivity index (χ3v) is 8.49. The summed E-state index contributed by atoms with van der Waals surface area (Å²) >= 11 is 0. The molecule has 0 fully saturated rings. The number of tetrazole rings is 1. The molecule has 3 aromatic carbocycles. The lowest BCUT2D eigenvalue weighted by Gasteiger charge is -2.18. The fourth-order valence-electron chi connectivity index (χ4n) is 5.82. The first-order valence-corrected chi connectivity index (χ1v) is 18.2. The van der Waals surface area contributed by atoms with Crippen LogP contribution in [0.5, 0.6) is 5.75 Å². The first-order chi connectivity index (χ1) is 27.7. The van der Waals surface area contributed by atoms with Crippen molar-refractivity contribution in [3.8, 4) is 28.3 Å². The van der Waals surface area contributed by atoms with Crippen LogP contribution in [0, 0.1) is 20.2 Å². The Morgan fingerprint density at radius 2 is 1.62 bits per heavy atom. The van der Waals surface area contributed by atoms with Gasteiger partial charge in [-0.1, -0.05) is 67.6 Å². The molecule has 1 N–H and O–H groups in total. The molecule has 5 rings (SSSR count). The molecule has 2 aromatic heterocycles. The number of benzene rings is 3. The first-order valence-electron chi connectivity index (χ1n) is 18.2. The predicted molar refractivity (Wildman–Crippen MR) is 202 cm³/mol. The number of rotatable bonds is 20. The van der Waals surface area contributed by atoms with Crippen LogP contribution in [0.1, 0.15) is 86.3 Å². The molecule has 0 bridgehead atoms. The summed E-state index contributed by atoms with van der Waals surface area (Å²) in [6, 6.07) is 21.1. The molecule has 20 heteroatoms. The number of aryl methyl sites for hydroxylation is 1. The Labute approximate surface area is 331 Å². The summed E-state index contributed by atoms with van der Waals surface area (Å²) in [4.78, 5) is 61.4. The van der Waals surface area contributed by atoms with Gasteiger partial charge in [-0.15, -0.1) is 35.2 Å². The van der Waals surface area contributed by atoms with Crippen molar-refractivity contribution in [2.45, 2.75) is 78.4 Å². The monoisotopic (exact) mass is 802 g/mol. The molecular weight excluding hydrogens is 760 g/mol. The average Bonchev–Trinajstić information content (AvgIpc) is 3.82. The number of unbranched alkanes of at least 4 members (excludes halogenated alkanes) is 1. The van der Waals surface area contributed by atoms with Crippen LogP contribution >= 0.6 is 0 Å². The van der Waals surface area contributed by atoms with E-state index in [0.717, 1.165) is 27.9 Å². The van der Waals surface area contributed by atoms with Crippen molar-refractivity contribution in [1.29, 1.82) is 0 Å². The van der Waals surface area contributed by atoms with Crippen LogP contribution in [-0.2, 0) is 44.3 Å². The summed E-state index contributed by atoms with van der Waals surface area (Å²) in [7, 11) is 0. The van der Waals surface area contributed by atoms with Gasteiger partial charge in [-0.05, 0) is 79.6 Å². The van der Waals surface area contributed by atoms with E-state index in [2.05, 4.69) is 30.1 Å². The second-order valence-electron chi connectivity index (χ2n) is 13.4. The second kappa shape index (κ2) is 19.3. The molecule has 306 valence electrons. The number of ether oxygens (including phenoxy) is 3. The quantitative estimate of drug-likeness (QED) is 0.0311. The summed E-state index contributed by atoms with van der Waals surface area (Å²) in [6.07, 6.45) is -0.153. The maximum atomic E-state index is 13.5. The summed E-state index contributed by atoms with van der Waals surface area (Å²) in [6.45, 7) is 6.42. The third kappa shape index (κ3) is 11.3. The molecule has 0 aliphatic carbocycles. The van der Waals surface area contributed by atoms with Gasteiger partial charge >= 0.3 is 12.1 Å². The minimum atomic E-state index is -1.45.